The van der Waals surface area contributed by atoms with Gasteiger partial charge in [0.15, 0.2) is 0 Å². The van der Waals surface area contributed by atoms with Gasteiger partial charge in [0.2, 0.25) is 0 Å². The van der Waals surface area contributed by atoms with Crippen LogP contribution < -0.4 is 5.32 Å². The highest BCUT2D eigenvalue weighted by molar-refractivity contribution is 14.1. The summed E-state index contributed by atoms with van der Waals surface area (Å²) >= 11 is 2.08. The summed E-state index contributed by atoms with van der Waals surface area (Å²) in [5.41, 5.74) is 1.25. The summed E-state index contributed by atoms with van der Waals surface area (Å²) in [7, 11) is 0. The molecule has 2 aromatic carbocycles. The van der Waals surface area contributed by atoms with E-state index < -0.39 is 6.04 Å². The number of rotatable bonds is 5. The van der Waals surface area contributed by atoms with Crippen molar-refractivity contribution in [2.45, 2.75) is 12.5 Å². The van der Waals surface area contributed by atoms with Crippen LogP contribution in [0.25, 0.3) is 0 Å². The molecule has 0 aliphatic carbocycles. The van der Waals surface area contributed by atoms with E-state index in [0.29, 0.717) is 6.42 Å². The van der Waals surface area contributed by atoms with Crippen LogP contribution in [0.15, 0.2) is 48.5 Å². The van der Waals surface area contributed by atoms with E-state index in [4.69, 9.17) is 0 Å². The number of hydrogen-bond donors (Lipinski definition) is 3. The van der Waals surface area contributed by atoms with Crippen molar-refractivity contribution in [3.8, 4) is 5.75 Å². The first-order valence-corrected chi connectivity index (χ1v) is 7.62. The summed E-state index contributed by atoms with van der Waals surface area (Å²) in [5, 5.41) is 21.9. The van der Waals surface area contributed by atoms with Crippen LogP contribution in [0, 0.1) is 3.57 Å². The molecular formula is C16H16INO3. The third-order valence-electron chi connectivity index (χ3n) is 3.08. The van der Waals surface area contributed by atoms with Gasteiger partial charge in [0.05, 0.1) is 18.2 Å². The van der Waals surface area contributed by atoms with Crippen molar-refractivity contribution in [1.29, 1.82) is 0 Å². The Balaban J connectivity index is 2.07. The minimum Gasteiger partial charge on any atom is -0.507 e. The zero-order valence-electron chi connectivity index (χ0n) is 11.3. The summed E-state index contributed by atoms with van der Waals surface area (Å²) in [5.74, 6) is -0.453. The quantitative estimate of drug-likeness (QED) is 0.679. The first kappa shape index (κ1) is 15.8. The van der Waals surface area contributed by atoms with Crippen molar-refractivity contribution >= 4 is 28.5 Å². The van der Waals surface area contributed by atoms with E-state index in [2.05, 4.69) is 27.9 Å². The number of carbonyl (C=O) groups is 1. The molecule has 2 aromatic rings. The third kappa shape index (κ3) is 4.44. The highest BCUT2D eigenvalue weighted by Crippen LogP contribution is 2.19. The summed E-state index contributed by atoms with van der Waals surface area (Å²) < 4.78 is 0.860. The maximum Gasteiger partial charge on any atom is 0.255 e. The Labute approximate surface area is 137 Å². The Kier molecular flexibility index (Phi) is 5.58. The average molecular weight is 397 g/mol. The summed E-state index contributed by atoms with van der Waals surface area (Å²) in [6, 6.07) is 14.1. The van der Waals surface area contributed by atoms with Crippen LogP contribution >= 0.6 is 22.6 Å². The molecule has 110 valence electrons. The average Bonchev–Trinajstić information content (AvgIpc) is 2.50. The lowest BCUT2D eigenvalue weighted by atomic mass is 10.1. The fourth-order valence-corrected chi connectivity index (χ4v) is 2.50. The van der Waals surface area contributed by atoms with Crippen molar-refractivity contribution in [2.75, 3.05) is 6.61 Å². The number of carbonyl (C=O) groups excluding carboxylic acids is 1. The number of aliphatic hydroxyl groups excluding tert-OH is 1. The van der Waals surface area contributed by atoms with Gasteiger partial charge in [-0.1, -0.05) is 30.3 Å². The Morgan fingerprint density at radius 3 is 2.57 bits per heavy atom. The predicted octanol–water partition coefficient (Wildman–Crippen LogP) is 2.33. The summed E-state index contributed by atoms with van der Waals surface area (Å²) in [4.78, 5) is 12.2. The van der Waals surface area contributed by atoms with Gasteiger partial charge in [0.25, 0.3) is 5.91 Å². The number of nitrogens with one attached hydrogen (secondary N) is 1. The summed E-state index contributed by atoms with van der Waals surface area (Å²) in [6.45, 7) is -0.161. The molecule has 0 heterocycles. The van der Waals surface area contributed by atoms with E-state index in [1.54, 1.807) is 12.1 Å². The molecule has 1 unspecified atom stereocenters. The van der Waals surface area contributed by atoms with Gasteiger partial charge in [0, 0.05) is 3.57 Å². The molecule has 0 fully saturated rings. The van der Waals surface area contributed by atoms with Gasteiger partial charge in [-0.2, -0.15) is 0 Å². The second kappa shape index (κ2) is 7.42. The highest BCUT2D eigenvalue weighted by Gasteiger charge is 2.16. The molecule has 4 nitrogen and oxygen atoms in total. The fraction of sp³-hybridized carbons (Fsp3) is 0.188. The molecule has 5 heteroatoms. The van der Waals surface area contributed by atoms with Crippen LogP contribution in [-0.4, -0.2) is 28.8 Å². The number of benzene rings is 2. The topological polar surface area (TPSA) is 69.6 Å². The number of halogens is 1. The first-order valence-electron chi connectivity index (χ1n) is 6.54. The molecule has 0 aliphatic rings. The van der Waals surface area contributed by atoms with Crippen LogP contribution in [0.1, 0.15) is 15.9 Å². The molecule has 21 heavy (non-hydrogen) atoms. The van der Waals surface area contributed by atoms with E-state index in [1.165, 1.54) is 6.07 Å². The van der Waals surface area contributed by atoms with Crippen LogP contribution in [0.3, 0.4) is 0 Å². The zero-order valence-corrected chi connectivity index (χ0v) is 13.4. The molecule has 0 bridgehead atoms. The zero-order chi connectivity index (χ0) is 15.2. The van der Waals surface area contributed by atoms with Crippen molar-refractivity contribution < 1.29 is 15.0 Å². The molecular weight excluding hydrogens is 381 g/mol. The van der Waals surface area contributed by atoms with Gasteiger partial charge in [-0.15, -0.1) is 0 Å². The Morgan fingerprint density at radius 2 is 1.90 bits per heavy atom. The van der Waals surface area contributed by atoms with Crippen molar-refractivity contribution in [2.24, 2.45) is 0 Å². The van der Waals surface area contributed by atoms with Gasteiger partial charge in [0.1, 0.15) is 5.75 Å². The molecule has 3 N–H and O–H groups in total. The van der Waals surface area contributed by atoms with Crippen molar-refractivity contribution in [3.63, 3.8) is 0 Å². The largest absolute Gasteiger partial charge is 0.507 e. The van der Waals surface area contributed by atoms with Crippen LogP contribution in [0.4, 0.5) is 0 Å². The van der Waals surface area contributed by atoms with Gasteiger partial charge in [-0.05, 0) is 52.8 Å². The number of phenols is 1. The SMILES string of the molecule is O=C(NC(CO)Cc1ccccc1)c1cc(I)ccc1O. The minimum atomic E-state index is -0.392. The number of aliphatic hydroxyl groups is 1. The van der Waals surface area contributed by atoms with Crippen LogP contribution in [0.5, 0.6) is 5.75 Å². The lowest BCUT2D eigenvalue weighted by molar-refractivity contribution is 0.0913. The molecule has 0 radical (unpaired) electrons. The van der Waals surface area contributed by atoms with Crippen LogP contribution in [0.2, 0.25) is 0 Å². The van der Waals surface area contributed by atoms with Gasteiger partial charge < -0.3 is 15.5 Å². The van der Waals surface area contributed by atoms with E-state index >= 15 is 0 Å². The molecule has 1 amide bonds. The maximum atomic E-state index is 12.2. The fourth-order valence-electron chi connectivity index (χ4n) is 2.01. The number of amides is 1. The lowest BCUT2D eigenvalue weighted by Crippen LogP contribution is -2.39. The van der Waals surface area contributed by atoms with E-state index in [0.717, 1.165) is 9.13 Å². The smallest absolute Gasteiger partial charge is 0.255 e. The monoisotopic (exact) mass is 397 g/mol. The first-order chi connectivity index (χ1) is 10.1. The van der Waals surface area contributed by atoms with E-state index in [1.807, 2.05) is 30.3 Å². The van der Waals surface area contributed by atoms with Crippen molar-refractivity contribution in [3.05, 3.63) is 63.2 Å². The Hall–Kier alpha value is -1.60. The molecule has 1 atom stereocenters. The Morgan fingerprint density at radius 1 is 1.19 bits per heavy atom. The molecule has 0 aromatic heterocycles. The van der Waals surface area contributed by atoms with Gasteiger partial charge >= 0.3 is 0 Å². The standard InChI is InChI=1S/C16H16INO3/c17-12-6-7-15(20)14(9-12)16(21)18-13(10-19)8-11-4-2-1-3-5-11/h1-7,9,13,19-20H,8,10H2,(H,18,21). The Bertz CT molecular complexity index is 616. The number of aromatic hydroxyl groups is 1. The lowest BCUT2D eigenvalue weighted by Gasteiger charge is -2.17. The van der Waals surface area contributed by atoms with Gasteiger partial charge in [-0.25, -0.2) is 0 Å². The van der Waals surface area contributed by atoms with Gasteiger partial charge in [-0.3, -0.25) is 4.79 Å². The minimum absolute atomic E-state index is 0.0654. The third-order valence-corrected chi connectivity index (χ3v) is 3.75. The number of phenolic OH excluding ortho intramolecular Hbond substituents is 1. The molecule has 0 spiro atoms. The van der Waals surface area contributed by atoms with E-state index in [-0.39, 0.29) is 23.8 Å². The molecule has 2 rings (SSSR count). The number of hydrogen-bond acceptors (Lipinski definition) is 3. The predicted molar refractivity (Wildman–Crippen MR) is 89.3 cm³/mol. The summed E-state index contributed by atoms with van der Waals surface area (Å²) in [6.07, 6.45) is 0.535. The van der Waals surface area contributed by atoms with E-state index in [9.17, 15) is 15.0 Å². The molecule has 0 aliphatic heterocycles. The normalized spacial score (nSPS) is 11.9. The molecule has 0 saturated heterocycles. The van der Waals surface area contributed by atoms with Crippen LogP contribution in [-0.2, 0) is 6.42 Å². The molecule has 0 saturated carbocycles. The second-order valence-corrected chi connectivity index (χ2v) is 5.95. The second-order valence-electron chi connectivity index (χ2n) is 4.70. The van der Waals surface area contributed by atoms with Crippen molar-refractivity contribution in [1.82, 2.24) is 5.32 Å². The maximum absolute atomic E-state index is 12.2. The highest BCUT2D eigenvalue weighted by atomic mass is 127.